The third kappa shape index (κ3) is 3.57. The van der Waals surface area contributed by atoms with Crippen molar-refractivity contribution in [1.82, 2.24) is 14.8 Å². The Labute approximate surface area is 141 Å². The Morgan fingerprint density at radius 3 is 2.83 bits per heavy atom. The summed E-state index contributed by atoms with van der Waals surface area (Å²) in [6, 6.07) is 0.380. The Hall–Kier alpha value is -1.43. The second kappa shape index (κ2) is 6.99. The fourth-order valence-electron chi connectivity index (χ4n) is 3.72. The molecule has 1 aliphatic carbocycles. The first-order valence-electron chi connectivity index (χ1n) is 8.49. The smallest absolute Gasteiger partial charge is 0.227 e. The van der Waals surface area contributed by atoms with Gasteiger partial charge >= 0.3 is 0 Å². The quantitative estimate of drug-likeness (QED) is 0.829. The van der Waals surface area contributed by atoms with Gasteiger partial charge in [-0.25, -0.2) is 4.98 Å². The van der Waals surface area contributed by atoms with E-state index in [4.69, 9.17) is 0 Å². The molecule has 0 aromatic carbocycles. The standard InChI is InChI=1S/C17H25N3O2S/c1-12-15(23-11-18-12)7-8-19(2)17(22)13-9-16(21)20(10-13)14-5-3-4-6-14/h11,13-14H,3-10H2,1-2H3/t13-/m1/s1. The maximum absolute atomic E-state index is 12.6. The topological polar surface area (TPSA) is 53.5 Å². The van der Waals surface area contributed by atoms with Crippen LogP contribution in [0.2, 0.25) is 0 Å². The molecule has 2 aliphatic rings. The van der Waals surface area contributed by atoms with Crippen molar-refractivity contribution in [2.75, 3.05) is 20.1 Å². The van der Waals surface area contributed by atoms with Gasteiger partial charge < -0.3 is 9.80 Å². The first kappa shape index (κ1) is 16.4. The number of aromatic nitrogens is 1. The first-order chi connectivity index (χ1) is 11.1. The molecule has 1 atom stereocenters. The number of carbonyl (C=O) groups is 2. The molecular weight excluding hydrogens is 310 g/mol. The van der Waals surface area contributed by atoms with Gasteiger partial charge in [0, 0.05) is 43.9 Å². The Kier molecular flexibility index (Phi) is 4.99. The van der Waals surface area contributed by atoms with Crippen LogP contribution < -0.4 is 0 Å². The lowest BCUT2D eigenvalue weighted by Gasteiger charge is -2.25. The maximum Gasteiger partial charge on any atom is 0.227 e. The summed E-state index contributed by atoms with van der Waals surface area (Å²) in [7, 11) is 1.85. The molecule has 126 valence electrons. The average Bonchev–Trinajstić information content (AvgIpc) is 3.25. The molecule has 0 bridgehead atoms. The number of rotatable bonds is 5. The van der Waals surface area contributed by atoms with Gasteiger partial charge in [-0.1, -0.05) is 12.8 Å². The second-order valence-electron chi connectivity index (χ2n) is 6.76. The van der Waals surface area contributed by atoms with E-state index in [0.717, 1.165) is 25.0 Å². The molecule has 0 N–H and O–H groups in total. The molecule has 2 fully saturated rings. The Morgan fingerprint density at radius 2 is 2.17 bits per heavy atom. The summed E-state index contributed by atoms with van der Waals surface area (Å²) >= 11 is 1.64. The predicted octanol–water partition coefficient (Wildman–Crippen LogP) is 2.24. The van der Waals surface area contributed by atoms with Crippen molar-refractivity contribution in [3.05, 3.63) is 16.1 Å². The van der Waals surface area contributed by atoms with Gasteiger partial charge in [0.1, 0.15) is 0 Å². The zero-order valence-corrected chi connectivity index (χ0v) is 14.8. The van der Waals surface area contributed by atoms with E-state index in [9.17, 15) is 9.59 Å². The molecule has 1 aromatic heterocycles. The van der Waals surface area contributed by atoms with Gasteiger partial charge in [0.25, 0.3) is 0 Å². The van der Waals surface area contributed by atoms with Gasteiger partial charge in [0.15, 0.2) is 0 Å². The molecule has 23 heavy (non-hydrogen) atoms. The number of likely N-dealkylation sites (tertiary alicyclic amines) is 1. The van der Waals surface area contributed by atoms with Crippen LogP contribution in [0.4, 0.5) is 0 Å². The third-order valence-electron chi connectivity index (χ3n) is 5.17. The number of amides is 2. The van der Waals surface area contributed by atoms with E-state index in [1.807, 2.05) is 24.4 Å². The van der Waals surface area contributed by atoms with Crippen LogP contribution in [0.25, 0.3) is 0 Å². The molecule has 1 aromatic rings. The van der Waals surface area contributed by atoms with Crippen molar-refractivity contribution in [2.45, 2.75) is 51.5 Å². The molecule has 1 aliphatic heterocycles. The highest BCUT2D eigenvalue weighted by Gasteiger charge is 2.39. The molecule has 0 radical (unpaired) electrons. The van der Waals surface area contributed by atoms with Crippen molar-refractivity contribution in [3.63, 3.8) is 0 Å². The lowest BCUT2D eigenvalue weighted by molar-refractivity contribution is -0.134. The fourth-order valence-corrected chi connectivity index (χ4v) is 4.49. The summed E-state index contributed by atoms with van der Waals surface area (Å²) in [6.45, 7) is 3.31. The monoisotopic (exact) mass is 335 g/mol. The summed E-state index contributed by atoms with van der Waals surface area (Å²) in [4.78, 5) is 34.1. The molecule has 0 unspecified atom stereocenters. The van der Waals surface area contributed by atoms with Gasteiger partial charge in [-0.05, 0) is 19.8 Å². The molecule has 3 rings (SSSR count). The number of hydrogen-bond acceptors (Lipinski definition) is 4. The Bertz CT molecular complexity index is 580. The predicted molar refractivity (Wildman–Crippen MR) is 90.3 cm³/mol. The highest BCUT2D eigenvalue weighted by molar-refractivity contribution is 7.09. The summed E-state index contributed by atoms with van der Waals surface area (Å²) in [5, 5.41) is 0. The van der Waals surface area contributed by atoms with E-state index >= 15 is 0 Å². The first-order valence-corrected chi connectivity index (χ1v) is 9.37. The van der Waals surface area contributed by atoms with Gasteiger partial charge in [-0.2, -0.15) is 0 Å². The van der Waals surface area contributed by atoms with Crippen LogP contribution in [0.5, 0.6) is 0 Å². The lowest BCUT2D eigenvalue weighted by atomic mass is 10.1. The van der Waals surface area contributed by atoms with Crippen LogP contribution in [-0.2, 0) is 16.0 Å². The second-order valence-corrected chi connectivity index (χ2v) is 7.70. The molecular formula is C17H25N3O2S. The number of likely N-dealkylation sites (N-methyl/N-ethyl adjacent to an activating group) is 1. The molecule has 0 spiro atoms. The van der Waals surface area contributed by atoms with Crippen LogP contribution in [-0.4, -0.2) is 52.8 Å². The van der Waals surface area contributed by atoms with Crippen LogP contribution >= 0.6 is 11.3 Å². The van der Waals surface area contributed by atoms with Crippen LogP contribution in [0.1, 0.15) is 42.7 Å². The molecule has 2 amide bonds. The van der Waals surface area contributed by atoms with Crippen molar-refractivity contribution >= 4 is 23.2 Å². The molecule has 1 saturated heterocycles. The molecule has 5 nitrogen and oxygen atoms in total. The molecule has 2 heterocycles. The van der Waals surface area contributed by atoms with E-state index < -0.39 is 0 Å². The van der Waals surface area contributed by atoms with Gasteiger partial charge in [-0.15, -0.1) is 11.3 Å². The summed E-state index contributed by atoms with van der Waals surface area (Å²) in [5.41, 5.74) is 2.90. The third-order valence-corrected chi connectivity index (χ3v) is 6.16. The zero-order chi connectivity index (χ0) is 16.4. The minimum Gasteiger partial charge on any atom is -0.345 e. The van der Waals surface area contributed by atoms with Crippen molar-refractivity contribution in [1.29, 1.82) is 0 Å². The molecule has 1 saturated carbocycles. The lowest BCUT2D eigenvalue weighted by Crippen LogP contribution is -2.38. The maximum atomic E-state index is 12.6. The highest BCUT2D eigenvalue weighted by Crippen LogP contribution is 2.30. The summed E-state index contributed by atoms with van der Waals surface area (Å²) < 4.78 is 0. The minimum atomic E-state index is -0.157. The van der Waals surface area contributed by atoms with E-state index in [2.05, 4.69) is 4.98 Å². The Balaban J connectivity index is 1.53. The number of nitrogens with zero attached hydrogens (tertiary/aromatic N) is 3. The van der Waals surface area contributed by atoms with Gasteiger partial charge in [0.2, 0.25) is 11.8 Å². The fraction of sp³-hybridized carbons (Fsp3) is 0.706. The van der Waals surface area contributed by atoms with Crippen molar-refractivity contribution < 1.29 is 9.59 Å². The van der Waals surface area contributed by atoms with Crippen LogP contribution in [0, 0.1) is 12.8 Å². The average molecular weight is 335 g/mol. The number of carbonyl (C=O) groups excluding carboxylic acids is 2. The summed E-state index contributed by atoms with van der Waals surface area (Å²) in [6.07, 6.45) is 5.85. The number of aryl methyl sites for hydroxylation is 1. The number of hydrogen-bond donors (Lipinski definition) is 0. The highest BCUT2D eigenvalue weighted by atomic mass is 32.1. The van der Waals surface area contributed by atoms with E-state index in [1.54, 1.807) is 16.2 Å². The summed E-state index contributed by atoms with van der Waals surface area (Å²) in [5.74, 6) is 0.124. The van der Waals surface area contributed by atoms with Crippen LogP contribution in [0.15, 0.2) is 5.51 Å². The normalized spacial score (nSPS) is 22.1. The van der Waals surface area contributed by atoms with Gasteiger partial charge in [-0.3, -0.25) is 9.59 Å². The minimum absolute atomic E-state index is 0.112. The van der Waals surface area contributed by atoms with Crippen LogP contribution in [0.3, 0.4) is 0 Å². The largest absolute Gasteiger partial charge is 0.345 e. The van der Waals surface area contributed by atoms with Crippen molar-refractivity contribution in [2.24, 2.45) is 5.92 Å². The SMILES string of the molecule is Cc1ncsc1CCN(C)C(=O)[C@@H]1CC(=O)N(C2CCCC2)C1. The van der Waals surface area contributed by atoms with Crippen molar-refractivity contribution in [3.8, 4) is 0 Å². The molecule has 6 heteroatoms. The Morgan fingerprint density at radius 1 is 1.43 bits per heavy atom. The van der Waals surface area contributed by atoms with E-state index in [1.165, 1.54) is 17.7 Å². The number of thiazole rings is 1. The van der Waals surface area contributed by atoms with Gasteiger partial charge in [0.05, 0.1) is 17.1 Å². The van der Waals surface area contributed by atoms with E-state index in [0.29, 0.717) is 25.6 Å². The van der Waals surface area contributed by atoms with E-state index in [-0.39, 0.29) is 17.7 Å². The zero-order valence-electron chi connectivity index (χ0n) is 14.0.